The van der Waals surface area contributed by atoms with Gasteiger partial charge in [0.1, 0.15) is 5.82 Å². The number of halogens is 4. The van der Waals surface area contributed by atoms with Crippen LogP contribution in [-0.4, -0.2) is 4.98 Å². The first-order valence-electron chi connectivity index (χ1n) is 5.89. The molecule has 0 atom stereocenters. The lowest BCUT2D eigenvalue weighted by Crippen LogP contribution is -2.12. The molecule has 0 saturated carbocycles. The Bertz CT molecular complexity index is 608. The van der Waals surface area contributed by atoms with Gasteiger partial charge >= 0.3 is 6.18 Å². The molecule has 1 aromatic heterocycles. The van der Waals surface area contributed by atoms with E-state index in [9.17, 15) is 17.6 Å². The van der Waals surface area contributed by atoms with E-state index in [2.05, 4.69) is 10.3 Å². The second-order valence-corrected chi connectivity index (χ2v) is 4.29. The predicted octanol–water partition coefficient (Wildman–Crippen LogP) is 4.16. The van der Waals surface area contributed by atoms with Crippen LogP contribution in [0.4, 0.5) is 23.2 Å². The van der Waals surface area contributed by atoms with Crippen LogP contribution in [0.25, 0.3) is 0 Å². The summed E-state index contributed by atoms with van der Waals surface area (Å²) in [5.41, 5.74) is 0.349. The number of hydrogen-bond acceptors (Lipinski definition) is 2. The number of hydrogen-bond donors (Lipinski definition) is 1. The Morgan fingerprint density at radius 3 is 2.60 bits per heavy atom. The van der Waals surface area contributed by atoms with Crippen LogP contribution in [0.5, 0.6) is 0 Å². The first-order valence-corrected chi connectivity index (χ1v) is 5.89. The topological polar surface area (TPSA) is 24.9 Å². The summed E-state index contributed by atoms with van der Waals surface area (Å²) in [7, 11) is 0. The Balaban J connectivity index is 2.24. The molecule has 0 radical (unpaired) electrons. The number of pyridine rings is 1. The van der Waals surface area contributed by atoms with Crippen molar-refractivity contribution in [3.05, 3.63) is 59.2 Å². The maximum atomic E-state index is 13.0. The second kappa shape index (κ2) is 5.48. The van der Waals surface area contributed by atoms with Gasteiger partial charge in [0.15, 0.2) is 0 Å². The Labute approximate surface area is 113 Å². The van der Waals surface area contributed by atoms with E-state index in [-0.39, 0.29) is 12.1 Å². The maximum absolute atomic E-state index is 13.0. The number of alkyl halides is 3. The van der Waals surface area contributed by atoms with Gasteiger partial charge in [-0.2, -0.15) is 13.2 Å². The molecular weight excluding hydrogens is 272 g/mol. The van der Waals surface area contributed by atoms with Crippen LogP contribution in [0.2, 0.25) is 0 Å². The van der Waals surface area contributed by atoms with Gasteiger partial charge in [0.2, 0.25) is 0 Å². The van der Waals surface area contributed by atoms with E-state index in [4.69, 9.17) is 0 Å². The molecule has 0 aliphatic carbocycles. The Kier molecular flexibility index (Phi) is 3.92. The number of aromatic nitrogens is 1. The highest BCUT2D eigenvalue weighted by molar-refractivity contribution is 5.47. The highest BCUT2D eigenvalue weighted by Gasteiger charge is 2.33. The van der Waals surface area contributed by atoms with Crippen molar-refractivity contribution in [3.8, 4) is 0 Å². The number of aryl methyl sites for hydroxylation is 1. The summed E-state index contributed by atoms with van der Waals surface area (Å²) >= 11 is 0. The van der Waals surface area contributed by atoms with Crippen molar-refractivity contribution in [2.24, 2.45) is 0 Å². The number of rotatable bonds is 3. The molecule has 0 aliphatic heterocycles. The van der Waals surface area contributed by atoms with Gasteiger partial charge < -0.3 is 5.32 Å². The van der Waals surface area contributed by atoms with E-state index in [0.717, 1.165) is 12.1 Å². The monoisotopic (exact) mass is 284 g/mol. The summed E-state index contributed by atoms with van der Waals surface area (Å²) < 4.78 is 51.5. The molecule has 20 heavy (non-hydrogen) atoms. The second-order valence-electron chi connectivity index (χ2n) is 4.29. The average Bonchev–Trinajstić information content (AvgIpc) is 2.38. The smallest absolute Gasteiger partial charge is 0.379 e. The molecule has 1 aromatic carbocycles. The largest absolute Gasteiger partial charge is 0.416 e. The van der Waals surface area contributed by atoms with Gasteiger partial charge in [-0.25, -0.2) is 4.39 Å². The Hall–Kier alpha value is -2.11. The van der Waals surface area contributed by atoms with Crippen molar-refractivity contribution < 1.29 is 17.6 Å². The molecular formula is C14H12F4N2. The minimum atomic E-state index is -4.58. The van der Waals surface area contributed by atoms with E-state index in [1.807, 2.05) is 0 Å². The van der Waals surface area contributed by atoms with E-state index < -0.39 is 17.6 Å². The van der Waals surface area contributed by atoms with Crippen molar-refractivity contribution in [1.29, 1.82) is 0 Å². The third-order valence-electron chi connectivity index (χ3n) is 2.85. The third kappa shape index (κ3) is 3.26. The normalized spacial score (nSPS) is 11.4. The number of anilines is 1. The zero-order chi connectivity index (χ0) is 14.8. The van der Waals surface area contributed by atoms with Gasteiger partial charge in [-0.15, -0.1) is 0 Å². The molecule has 0 unspecified atom stereocenters. The molecule has 2 aromatic rings. The maximum Gasteiger partial charge on any atom is 0.416 e. The van der Waals surface area contributed by atoms with E-state index in [0.29, 0.717) is 17.4 Å². The molecule has 6 heteroatoms. The minimum absolute atomic E-state index is 0.0119. The number of nitrogens with zero attached hydrogens (tertiary/aromatic N) is 1. The third-order valence-corrected chi connectivity index (χ3v) is 2.85. The van der Waals surface area contributed by atoms with Gasteiger partial charge in [-0.1, -0.05) is 6.07 Å². The van der Waals surface area contributed by atoms with Crippen molar-refractivity contribution in [2.45, 2.75) is 19.6 Å². The summed E-state index contributed by atoms with van der Waals surface area (Å²) in [5, 5.41) is 2.88. The van der Waals surface area contributed by atoms with Crippen LogP contribution in [0.1, 0.15) is 16.8 Å². The van der Waals surface area contributed by atoms with E-state index in [1.54, 1.807) is 25.3 Å². The lowest BCUT2D eigenvalue weighted by atomic mass is 10.1. The number of benzene rings is 1. The van der Waals surface area contributed by atoms with Crippen molar-refractivity contribution in [1.82, 2.24) is 4.98 Å². The first-order chi connectivity index (χ1) is 9.38. The fourth-order valence-electron chi connectivity index (χ4n) is 1.83. The molecule has 0 bridgehead atoms. The zero-order valence-electron chi connectivity index (χ0n) is 10.6. The SMILES string of the molecule is Cc1ncccc1NCc1ccc(F)cc1C(F)(F)F. The molecule has 1 heterocycles. The highest BCUT2D eigenvalue weighted by Crippen LogP contribution is 2.32. The minimum Gasteiger partial charge on any atom is -0.379 e. The van der Waals surface area contributed by atoms with Gasteiger partial charge in [0.05, 0.1) is 16.9 Å². The molecule has 0 spiro atoms. The summed E-state index contributed by atoms with van der Waals surface area (Å²) in [6, 6.07) is 6.07. The average molecular weight is 284 g/mol. The van der Waals surface area contributed by atoms with Crippen LogP contribution >= 0.6 is 0 Å². The van der Waals surface area contributed by atoms with Gasteiger partial charge in [-0.3, -0.25) is 4.98 Å². The van der Waals surface area contributed by atoms with Crippen molar-refractivity contribution in [2.75, 3.05) is 5.32 Å². The predicted molar refractivity (Wildman–Crippen MR) is 67.7 cm³/mol. The quantitative estimate of drug-likeness (QED) is 0.856. The molecule has 0 fully saturated rings. The van der Waals surface area contributed by atoms with Crippen LogP contribution in [0.15, 0.2) is 36.5 Å². The van der Waals surface area contributed by atoms with Gasteiger partial charge in [-0.05, 0) is 36.8 Å². The summed E-state index contributed by atoms with van der Waals surface area (Å²) in [5.74, 6) is -0.904. The van der Waals surface area contributed by atoms with Crippen molar-refractivity contribution >= 4 is 5.69 Å². The molecule has 2 nitrogen and oxygen atoms in total. The number of nitrogens with one attached hydrogen (secondary N) is 1. The summed E-state index contributed by atoms with van der Waals surface area (Å²) in [6.45, 7) is 1.69. The molecule has 2 rings (SSSR count). The Morgan fingerprint density at radius 2 is 1.95 bits per heavy atom. The molecule has 0 amide bonds. The highest BCUT2D eigenvalue weighted by atomic mass is 19.4. The van der Waals surface area contributed by atoms with E-state index in [1.165, 1.54) is 0 Å². The summed E-state index contributed by atoms with van der Waals surface area (Å²) in [6.07, 6.45) is -2.98. The van der Waals surface area contributed by atoms with Crippen LogP contribution in [0, 0.1) is 12.7 Å². The van der Waals surface area contributed by atoms with E-state index >= 15 is 0 Å². The van der Waals surface area contributed by atoms with Gasteiger partial charge in [0, 0.05) is 12.7 Å². The van der Waals surface area contributed by atoms with Crippen LogP contribution < -0.4 is 5.32 Å². The zero-order valence-corrected chi connectivity index (χ0v) is 10.6. The van der Waals surface area contributed by atoms with Crippen LogP contribution in [0.3, 0.4) is 0 Å². The molecule has 1 N–H and O–H groups in total. The first kappa shape index (κ1) is 14.3. The lowest BCUT2D eigenvalue weighted by molar-refractivity contribution is -0.138. The fourth-order valence-corrected chi connectivity index (χ4v) is 1.83. The molecule has 106 valence electrons. The van der Waals surface area contributed by atoms with Crippen molar-refractivity contribution in [3.63, 3.8) is 0 Å². The standard InChI is InChI=1S/C14H12F4N2/c1-9-13(3-2-6-19-9)20-8-10-4-5-11(15)7-12(10)14(16,17)18/h2-7,20H,8H2,1H3. The molecule has 0 aliphatic rings. The lowest BCUT2D eigenvalue weighted by Gasteiger charge is -2.14. The van der Waals surface area contributed by atoms with Crippen LogP contribution in [-0.2, 0) is 12.7 Å². The molecule has 0 saturated heterocycles. The Morgan fingerprint density at radius 1 is 1.20 bits per heavy atom. The summed E-state index contributed by atoms with van der Waals surface area (Å²) in [4.78, 5) is 4.03. The van der Waals surface area contributed by atoms with Gasteiger partial charge in [0.25, 0.3) is 0 Å². The fraction of sp³-hybridized carbons (Fsp3) is 0.214.